The van der Waals surface area contributed by atoms with Crippen molar-refractivity contribution in [3.8, 4) is 0 Å². The van der Waals surface area contributed by atoms with Crippen molar-refractivity contribution in [2.24, 2.45) is 5.92 Å². The molecule has 1 heterocycles. The number of halogens is 1. The van der Waals surface area contributed by atoms with Crippen LogP contribution >= 0.6 is 15.9 Å². The molecule has 1 atom stereocenters. The molecule has 2 rings (SSSR count). The van der Waals surface area contributed by atoms with Gasteiger partial charge >= 0.3 is 0 Å². The fourth-order valence-corrected chi connectivity index (χ4v) is 4.71. The van der Waals surface area contributed by atoms with Crippen LogP contribution in [0.2, 0.25) is 0 Å². The van der Waals surface area contributed by atoms with Gasteiger partial charge in [0.05, 0.1) is 6.54 Å². The minimum absolute atomic E-state index is 0.0350. The number of hydrogen-bond acceptors (Lipinski definition) is 4. The molecule has 1 aliphatic carbocycles. The Morgan fingerprint density at radius 3 is 2.76 bits per heavy atom. The number of furan rings is 1. The lowest BCUT2D eigenvalue weighted by atomic mass is 9.81. The van der Waals surface area contributed by atoms with Gasteiger partial charge in [-0.05, 0) is 54.6 Å². The van der Waals surface area contributed by atoms with E-state index in [2.05, 4.69) is 32.9 Å². The minimum atomic E-state index is -3.54. The summed E-state index contributed by atoms with van der Waals surface area (Å²) in [5, 5.41) is 3.19. The molecule has 1 aliphatic rings. The molecular formula is C14H23BrN2O3S. The number of hydrogen-bond donors (Lipinski definition) is 2. The summed E-state index contributed by atoms with van der Waals surface area (Å²) in [7, 11) is -3.54. The molecule has 1 aromatic rings. The maximum absolute atomic E-state index is 12.4. The number of nitrogens with one attached hydrogen (secondary N) is 2. The molecule has 0 aliphatic heterocycles. The molecule has 1 unspecified atom stereocenters. The largest absolute Gasteiger partial charge is 0.452 e. The van der Waals surface area contributed by atoms with E-state index in [0.717, 1.165) is 25.8 Å². The van der Waals surface area contributed by atoms with Gasteiger partial charge in [0, 0.05) is 12.1 Å². The third kappa shape index (κ3) is 4.31. The first-order valence-corrected chi connectivity index (χ1v) is 9.73. The van der Waals surface area contributed by atoms with E-state index in [1.54, 1.807) is 6.07 Å². The fourth-order valence-electron chi connectivity index (χ4n) is 2.40. The standard InChI is InChI=1S/C14H23BrN2O3S/c1-3-7-16-9-12-8-13(14(15)20-12)21(18,19)17-10(2)11-5-4-6-11/h8,10-11,16-17H,3-7,9H2,1-2H3. The molecule has 0 saturated heterocycles. The number of rotatable bonds is 8. The van der Waals surface area contributed by atoms with E-state index < -0.39 is 10.0 Å². The molecule has 5 nitrogen and oxygen atoms in total. The van der Waals surface area contributed by atoms with Gasteiger partial charge in [-0.15, -0.1) is 0 Å². The maximum atomic E-state index is 12.4. The van der Waals surface area contributed by atoms with E-state index in [0.29, 0.717) is 18.2 Å². The zero-order valence-corrected chi connectivity index (χ0v) is 14.9. The predicted molar refractivity (Wildman–Crippen MR) is 85.5 cm³/mol. The Bertz CT molecular complexity index is 567. The molecule has 1 saturated carbocycles. The zero-order chi connectivity index (χ0) is 15.5. The highest BCUT2D eigenvalue weighted by Crippen LogP contribution is 2.31. The van der Waals surface area contributed by atoms with Crippen molar-refractivity contribution < 1.29 is 12.8 Å². The summed E-state index contributed by atoms with van der Waals surface area (Å²) in [5.74, 6) is 1.07. The molecule has 0 aromatic carbocycles. The van der Waals surface area contributed by atoms with Crippen LogP contribution in [0.25, 0.3) is 0 Å². The van der Waals surface area contributed by atoms with Gasteiger partial charge in [-0.3, -0.25) is 0 Å². The molecule has 1 fully saturated rings. The van der Waals surface area contributed by atoms with Crippen molar-refractivity contribution in [1.82, 2.24) is 10.0 Å². The van der Waals surface area contributed by atoms with Crippen molar-refractivity contribution in [3.05, 3.63) is 16.5 Å². The lowest BCUT2D eigenvalue weighted by Gasteiger charge is -2.31. The van der Waals surface area contributed by atoms with Crippen molar-refractivity contribution in [2.45, 2.75) is 57.0 Å². The van der Waals surface area contributed by atoms with E-state index in [-0.39, 0.29) is 15.6 Å². The maximum Gasteiger partial charge on any atom is 0.245 e. The van der Waals surface area contributed by atoms with E-state index >= 15 is 0 Å². The summed E-state index contributed by atoms with van der Waals surface area (Å²) in [6.45, 7) is 5.41. The molecule has 2 N–H and O–H groups in total. The van der Waals surface area contributed by atoms with Crippen LogP contribution in [0, 0.1) is 5.92 Å². The highest BCUT2D eigenvalue weighted by Gasteiger charge is 2.30. The molecule has 0 spiro atoms. The summed E-state index contributed by atoms with van der Waals surface area (Å²) in [5.41, 5.74) is 0. The quantitative estimate of drug-likeness (QED) is 0.682. The molecule has 21 heavy (non-hydrogen) atoms. The van der Waals surface area contributed by atoms with Crippen molar-refractivity contribution in [3.63, 3.8) is 0 Å². The SMILES string of the molecule is CCCNCc1cc(S(=O)(=O)NC(C)C2CCC2)c(Br)o1. The Kier molecular flexibility index (Phi) is 5.88. The third-order valence-electron chi connectivity index (χ3n) is 3.92. The van der Waals surface area contributed by atoms with Crippen LogP contribution in [0.1, 0.15) is 45.3 Å². The summed E-state index contributed by atoms with van der Waals surface area (Å²) in [6.07, 6.45) is 4.41. The van der Waals surface area contributed by atoms with Crippen LogP contribution < -0.4 is 10.0 Å². The first-order chi connectivity index (χ1) is 9.94. The first kappa shape index (κ1) is 17.0. The van der Waals surface area contributed by atoms with Crippen LogP contribution in [0.15, 0.2) is 20.0 Å². The Labute approximate surface area is 135 Å². The van der Waals surface area contributed by atoms with Gasteiger partial charge in [0.2, 0.25) is 10.0 Å². The van der Waals surface area contributed by atoms with Gasteiger partial charge < -0.3 is 9.73 Å². The minimum Gasteiger partial charge on any atom is -0.452 e. The molecule has 0 amide bonds. The van der Waals surface area contributed by atoms with Crippen LogP contribution in [0.4, 0.5) is 0 Å². The molecular weight excluding hydrogens is 356 g/mol. The fraction of sp³-hybridized carbons (Fsp3) is 0.714. The van der Waals surface area contributed by atoms with E-state index in [1.165, 1.54) is 6.42 Å². The summed E-state index contributed by atoms with van der Waals surface area (Å²) in [6, 6.07) is 1.55. The van der Waals surface area contributed by atoms with Gasteiger partial charge in [0.15, 0.2) is 4.67 Å². The Hall–Kier alpha value is -0.370. The Balaban J connectivity index is 2.04. The second-order valence-corrected chi connectivity index (χ2v) is 8.03. The average Bonchev–Trinajstić information content (AvgIpc) is 2.68. The summed E-state index contributed by atoms with van der Waals surface area (Å²) < 4.78 is 33.3. The van der Waals surface area contributed by atoms with Crippen LogP contribution in [0.3, 0.4) is 0 Å². The lowest BCUT2D eigenvalue weighted by molar-refractivity contribution is 0.260. The topological polar surface area (TPSA) is 71.3 Å². The Morgan fingerprint density at radius 1 is 1.48 bits per heavy atom. The van der Waals surface area contributed by atoms with E-state index in [9.17, 15) is 8.42 Å². The van der Waals surface area contributed by atoms with E-state index in [4.69, 9.17) is 4.42 Å². The van der Waals surface area contributed by atoms with Crippen molar-refractivity contribution >= 4 is 26.0 Å². The van der Waals surface area contributed by atoms with Crippen molar-refractivity contribution in [1.29, 1.82) is 0 Å². The van der Waals surface area contributed by atoms with Gasteiger partial charge in [0.1, 0.15) is 10.7 Å². The zero-order valence-electron chi connectivity index (χ0n) is 12.5. The second kappa shape index (κ2) is 7.26. The Morgan fingerprint density at radius 2 is 2.19 bits per heavy atom. The highest BCUT2D eigenvalue weighted by atomic mass is 79.9. The molecule has 1 aromatic heterocycles. The predicted octanol–water partition coefficient (Wildman–Crippen LogP) is 3.01. The van der Waals surface area contributed by atoms with Crippen molar-refractivity contribution in [2.75, 3.05) is 6.54 Å². The number of sulfonamides is 1. The first-order valence-electron chi connectivity index (χ1n) is 7.45. The van der Waals surface area contributed by atoms with Gasteiger partial charge in [-0.25, -0.2) is 13.1 Å². The monoisotopic (exact) mass is 378 g/mol. The lowest BCUT2D eigenvalue weighted by Crippen LogP contribution is -2.40. The summed E-state index contributed by atoms with van der Waals surface area (Å²) >= 11 is 3.21. The normalized spacial score (nSPS) is 17.7. The average molecular weight is 379 g/mol. The van der Waals surface area contributed by atoms with Crippen LogP contribution in [-0.4, -0.2) is 21.0 Å². The molecule has 7 heteroatoms. The van der Waals surface area contributed by atoms with Gasteiger partial charge in [-0.1, -0.05) is 13.3 Å². The molecule has 120 valence electrons. The molecule has 0 bridgehead atoms. The van der Waals surface area contributed by atoms with Crippen LogP contribution in [0.5, 0.6) is 0 Å². The van der Waals surface area contributed by atoms with E-state index in [1.807, 2.05) is 6.92 Å². The summed E-state index contributed by atoms with van der Waals surface area (Å²) in [4.78, 5) is 0.182. The second-order valence-electron chi connectivity index (χ2n) is 5.63. The molecule has 0 radical (unpaired) electrons. The van der Waals surface area contributed by atoms with Gasteiger partial charge in [0.25, 0.3) is 0 Å². The van der Waals surface area contributed by atoms with Gasteiger partial charge in [-0.2, -0.15) is 0 Å². The third-order valence-corrected chi connectivity index (χ3v) is 6.34. The van der Waals surface area contributed by atoms with Crippen LogP contribution in [-0.2, 0) is 16.6 Å². The highest BCUT2D eigenvalue weighted by molar-refractivity contribution is 9.10. The smallest absolute Gasteiger partial charge is 0.245 e.